The van der Waals surface area contributed by atoms with Crippen LogP contribution in [0.1, 0.15) is 35.6 Å². The summed E-state index contributed by atoms with van der Waals surface area (Å²) in [5.74, 6) is -0.151. The molecule has 1 fully saturated rings. The van der Waals surface area contributed by atoms with Gasteiger partial charge < -0.3 is 10.1 Å². The minimum Gasteiger partial charge on any atom is -0.379 e. The number of aryl methyl sites for hydroxylation is 1. The highest BCUT2D eigenvalue weighted by atomic mass is 32.2. The first kappa shape index (κ1) is 20.8. The molecule has 0 saturated carbocycles. The number of morpholine rings is 1. The Hall–Kier alpha value is -2.48. The molecule has 1 atom stereocenters. The van der Waals surface area contributed by atoms with Crippen molar-refractivity contribution in [2.75, 3.05) is 26.3 Å². The van der Waals surface area contributed by atoms with Gasteiger partial charge in [-0.25, -0.2) is 8.42 Å². The van der Waals surface area contributed by atoms with Gasteiger partial charge in [-0.1, -0.05) is 36.4 Å². The van der Waals surface area contributed by atoms with E-state index in [1.165, 1.54) is 21.5 Å². The van der Waals surface area contributed by atoms with Gasteiger partial charge in [-0.3, -0.25) is 4.79 Å². The van der Waals surface area contributed by atoms with E-state index in [1.54, 1.807) is 30.3 Å². The summed E-state index contributed by atoms with van der Waals surface area (Å²) < 4.78 is 32.0. The molecule has 2 aromatic rings. The normalized spacial score (nSPS) is 20.1. The predicted molar refractivity (Wildman–Crippen MR) is 115 cm³/mol. The van der Waals surface area contributed by atoms with Crippen molar-refractivity contribution in [3.05, 3.63) is 71.3 Å². The van der Waals surface area contributed by atoms with Gasteiger partial charge >= 0.3 is 0 Å². The molecule has 2 aromatic carbocycles. The average molecular weight is 427 g/mol. The van der Waals surface area contributed by atoms with Crippen molar-refractivity contribution in [2.24, 2.45) is 0 Å². The Morgan fingerprint density at radius 2 is 1.80 bits per heavy atom. The lowest BCUT2D eigenvalue weighted by atomic mass is 9.88. The Labute approximate surface area is 177 Å². The van der Waals surface area contributed by atoms with Crippen molar-refractivity contribution in [2.45, 2.75) is 30.2 Å². The largest absolute Gasteiger partial charge is 0.379 e. The van der Waals surface area contributed by atoms with Gasteiger partial charge in [0, 0.05) is 19.2 Å². The Morgan fingerprint density at radius 3 is 2.57 bits per heavy atom. The van der Waals surface area contributed by atoms with Crippen molar-refractivity contribution in [1.29, 1.82) is 0 Å². The molecule has 158 valence electrons. The van der Waals surface area contributed by atoms with Crippen LogP contribution in [0, 0.1) is 0 Å². The number of carbonyl (C=O) groups excluding carboxylic acids is 1. The Balaban J connectivity index is 1.39. The number of nitrogens with one attached hydrogen (secondary N) is 1. The molecule has 7 heteroatoms. The Morgan fingerprint density at radius 1 is 1.07 bits per heavy atom. The lowest BCUT2D eigenvalue weighted by Gasteiger charge is -2.26. The number of carbonyl (C=O) groups is 1. The van der Waals surface area contributed by atoms with Crippen molar-refractivity contribution in [3.8, 4) is 0 Å². The van der Waals surface area contributed by atoms with E-state index in [1.807, 2.05) is 12.1 Å². The quantitative estimate of drug-likeness (QED) is 0.746. The molecule has 1 aliphatic heterocycles. The molecule has 0 spiro atoms. The van der Waals surface area contributed by atoms with Crippen molar-refractivity contribution < 1.29 is 17.9 Å². The van der Waals surface area contributed by atoms with E-state index in [0.717, 1.165) is 24.8 Å². The van der Waals surface area contributed by atoms with Crippen LogP contribution in [0.5, 0.6) is 0 Å². The van der Waals surface area contributed by atoms with Crippen LogP contribution in [0.15, 0.2) is 59.5 Å². The van der Waals surface area contributed by atoms with Crippen LogP contribution in [0.2, 0.25) is 0 Å². The number of amides is 1. The minimum absolute atomic E-state index is 0.0353. The molecule has 0 bridgehead atoms. The van der Waals surface area contributed by atoms with Gasteiger partial charge in [0.25, 0.3) is 0 Å². The summed E-state index contributed by atoms with van der Waals surface area (Å²) in [5.41, 5.74) is 3.27. The molecule has 2 aliphatic rings. The van der Waals surface area contributed by atoms with Crippen LogP contribution in [-0.4, -0.2) is 44.9 Å². The standard InChI is InChI=1S/C23H26N2O4S/c26-23(24-22-7-3-5-19-4-1-2-6-21(19)22)13-10-18-8-11-20(12-9-18)30(27,28)25-14-16-29-17-15-25/h1-2,4,6,8-13,22H,3,5,7,14-17H2,(H,24,26)/b13-10+. The average Bonchev–Trinajstić information content (AvgIpc) is 2.79. The molecular formula is C23H26N2O4S. The van der Waals surface area contributed by atoms with Gasteiger partial charge in [-0.2, -0.15) is 4.31 Å². The fraction of sp³-hybridized carbons (Fsp3) is 0.348. The number of ether oxygens (including phenoxy) is 1. The van der Waals surface area contributed by atoms with E-state index < -0.39 is 10.0 Å². The van der Waals surface area contributed by atoms with Gasteiger partial charge in [0.15, 0.2) is 0 Å². The fourth-order valence-electron chi connectivity index (χ4n) is 3.98. The molecule has 1 unspecified atom stereocenters. The molecule has 0 aromatic heterocycles. The third-order valence-electron chi connectivity index (χ3n) is 5.60. The molecule has 0 radical (unpaired) electrons. The highest BCUT2D eigenvalue weighted by Crippen LogP contribution is 2.29. The second-order valence-corrected chi connectivity index (χ2v) is 9.51. The number of hydrogen-bond acceptors (Lipinski definition) is 4. The molecule has 30 heavy (non-hydrogen) atoms. The second kappa shape index (κ2) is 9.12. The van der Waals surface area contributed by atoms with Crippen molar-refractivity contribution in [1.82, 2.24) is 9.62 Å². The summed E-state index contributed by atoms with van der Waals surface area (Å²) >= 11 is 0. The second-order valence-electron chi connectivity index (χ2n) is 7.57. The number of benzene rings is 2. The predicted octanol–water partition coefficient (Wildman–Crippen LogP) is 2.91. The van der Waals surface area contributed by atoms with Gasteiger partial charge in [0.05, 0.1) is 24.2 Å². The van der Waals surface area contributed by atoms with Crippen LogP contribution in [0.4, 0.5) is 0 Å². The summed E-state index contributed by atoms with van der Waals surface area (Å²) in [4.78, 5) is 12.7. The zero-order valence-electron chi connectivity index (χ0n) is 16.8. The van der Waals surface area contributed by atoms with E-state index in [-0.39, 0.29) is 16.8 Å². The van der Waals surface area contributed by atoms with E-state index in [0.29, 0.717) is 26.3 Å². The lowest BCUT2D eigenvalue weighted by molar-refractivity contribution is -0.117. The SMILES string of the molecule is O=C(/C=C/c1ccc(S(=O)(=O)N2CCOCC2)cc1)NC1CCCc2ccccc21. The highest BCUT2D eigenvalue weighted by molar-refractivity contribution is 7.89. The summed E-state index contributed by atoms with van der Waals surface area (Å²) in [6.07, 6.45) is 6.26. The summed E-state index contributed by atoms with van der Waals surface area (Å²) in [7, 11) is -3.51. The molecule has 1 saturated heterocycles. The molecule has 1 N–H and O–H groups in total. The van der Waals surface area contributed by atoms with Crippen molar-refractivity contribution >= 4 is 22.0 Å². The molecule has 1 amide bonds. The van der Waals surface area contributed by atoms with Crippen LogP contribution >= 0.6 is 0 Å². The van der Waals surface area contributed by atoms with Crippen LogP contribution in [0.25, 0.3) is 6.08 Å². The van der Waals surface area contributed by atoms with Crippen LogP contribution < -0.4 is 5.32 Å². The molecule has 6 nitrogen and oxygen atoms in total. The Kier molecular flexibility index (Phi) is 6.32. The highest BCUT2D eigenvalue weighted by Gasteiger charge is 2.26. The van der Waals surface area contributed by atoms with Crippen LogP contribution in [0.3, 0.4) is 0 Å². The monoisotopic (exact) mass is 426 g/mol. The zero-order chi connectivity index (χ0) is 21.0. The minimum atomic E-state index is -3.51. The zero-order valence-corrected chi connectivity index (χ0v) is 17.6. The van der Waals surface area contributed by atoms with E-state index in [2.05, 4.69) is 17.4 Å². The van der Waals surface area contributed by atoms with Crippen LogP contribution in [-0.2, 0) is 26.0 Å². The third kappa shape index (κ3) is 4.64. The van der Waals surface area contributed by atoms with E-state index in [9.17, 15) is 13.2 Å². The molecule has 4 rings (SSSR count). The lowest BCUT2D eigenvalue weighted by Crippen LogP contribution is -2.40. The van der Waals surface area contributed by atoms with Gasteiger partial charge in [0.1, 0.15) is 0 Å². The van der Waals surface area contributed by atoms with Gasteiger partial charge in [-0.05, 0) is 54.2 Å². The summed E-state index contributed by atoms with van der Waals surface area (Å²) in [6.45, 7) is 1.57. The Bertz CT molecular complexity index is 1030. The maximum absolute atomic E-state index is 12.7. The number of rotatable bonds is 5. The van der Waals surface area contributed by atoms with E-state index >= 15 is 0 Å². The third-order valence-corrected chi connectivity index (χ3v) is 7.51. The molecular weight excluding hydrogens is 400 g/mol. The smallest absolute Gasteiger partial charge is 0.244 e. The van der Waals surface area contributed by atoms with Gasteiger partial charge in [0.2, 0.25) is 15.9 Å². The molecule has 1 heterocycles. The number of sulfonamides is 1. The fourth-order valence-corrected chi connectivity index (χ4v) is 5.39. The summed E-state index contributed by atoms with van der Waals surface area (Å²) in [6, 6.07) is 14.9. The number of hydrogen-bond donors (Lipinski definition) is 1. The maximum Gasteiger partial charge on any atom is 0.244 e. The number of nitrogens with zero attached hydrogens (tertiary/aromatic N) is 1. The topological polar surface area (TPSA) is 75.7 Å². The first-order valence-corrected chi connectivity index (χ1v) is 11.7. The molecule has 1 aliphatic carbocycles. The maximum atomic E-state index is 12.7. The van der Waals surface area contributed by atoms with Crippen molar-refractivity contribution in [3.63, 3.8) is 0 Å². The van der Waals surface area contributed by atoms with Gasteiger partial charge in [-0.15, -0.1) is 0 Å². The van der Waals surface area contributed by atoms with E-state index in [4.69, 9.17) is 4.74 Å². The number of fused-ring (bicyclic) bond motifs is 1. The first-order chi connectivity index (χ1) is 14.5. The summed E-state index contributed by atoms with van der Waals surface area (Å²) in [5, 5.41) is 3.08. The first-order valence-electron chi connectivity index (χ1n) is 10.3.